The molecule has 1 aliphatic rings. The number of benzene rings is 2. The van der Waals surface area contributed by atoms with E-state index in [0.717, 1.165) is 50.6 Å². The molecule has 7 nitrogen and oxygen atoms in total. The molecule has 0 unspecified atom stereocenters. The van der Waals surface area contributed by atoms with Gasteiger partial charge in [0.15, 0.2) is 5.75 Å². The Labute approximate surface area is 157 Å². The molecule has 1 aromatic heterocycles. The molecule has 1 amide bonds. The fraction of sp³-hybridized carbons (Fsp3) is 0.300. The molecule has 0 spiro atoms. The second-order valence-corrected chi connectivity index (χ2v) is 6.74. The van der Waals surface area contributed by atoms with E-state index in [0.29, 0.717) is 11.3 Å². The van der Waals surface area contributed by atoms with Gasteiger partial charge in [-0.05, 0) is 24.1 Å². The smallest absolute Gasteiger partial charge is 0.408 e. The average Bonchev–Trinajstić information content (AvgIpc) is 2.97. The summed E-state index contributed by atoms with van der Waals surface area (Å²) in [6.07, 6.45) is 0.229. The number of carbonyl (C=O) groups excluding carboxylic acids is 1. The number of para-hydroxylation sites is 1. The number of rotatable bonds is 4. The number of hydrogen-bond acceptors (Lipinski definition) is 5. The van der Waals surface area contributed by atoms with Crippen LogP contribution in [0, 0.1) is 0 Å². The number of primary amides is 1. The van der Waals surface area contributed by atoms with Crippen molar-refractivity contribution in [2.45, 2.75) is 13.0 Å². The van der Waals surface area contributed by atoms with Crippen LogP contribution >= 0.6 is 0 Å². The van der Waals surface area contributed by atoms with E-state index in [1.807, 2.05) is 18.2 Å². The molecule has 2 heterocycles. The maximum atomic E-state index is 11.1. The van der Waals surface area contributed by atoms with Gasteiger partial charge in [-0.3, -0.25) is 4.90 Å². The summed E-state index contributed by atoms with van der Waals surface area (Å²) in [4.78, 5) is 23.8. The largest absolute Gasteiger partial charge is 0.410 e. The summed E-state index contributed by atoms with van der Waals surface area (Å²) in [5, 5.41) is 0. The van der Waals surface area contributed by atoms with Crippen LogP contribution in [-0.2, 0) is 6.54 Å². The molecule has 0 radical (unpaired) electrons. The molecule has 4 rings (SSSR count). The number of hydrogen-bond donors (Lipinski definition) is 2. The highest BCUT2D eigenvalue weighted by Crippen LogP contribution is 2.27. The number of nitrogens with one attached hydrogen (secondary N) is 1. The highest BCUT2D eigenvalue weighted by molar-refractivity contribution is 5.86. The molecule has 3 N–H and O–H groups in total. The highest BCUT2D eigenvalue weighted by Gasteiger charge is 2.19. The standard InChI is InChI=1S/C20H23N5O2/c21-19(26)27-17-9-4-8-16-18(17)23-20(22-16)25-11-5-10-24(12-13-25)14-15-6-2-1-3-7-15/h1-4,6-9H,5,10-14H2,(H2,21,26)(H,22,23). The number of aromatic nitrogens is 2. The van der Waals surface area contributed by atoms with Gasteiger partial charge in [0.05, 0.1) is 5.52 Å². The van der Waals surface area contributed by atoms with Gasteiger partial charge >= 0.3 is 6.09 Å². The zero-order valence-electron chi connectivity index (χ0n) is 15.1. The molecule has 7 heteroatoms. The summed E-state index contributed by atoms with van der Waals surface area (Å²) in [5.41, 5.74) is 7.94. The highest BCUT2D eigenvalue weighted by atomic mass is 16.5. The Bertz CT molecular complexity index is 925. The summed E-state index contributed by atoms with van der Waals surface area (Å²) in [6, 6.07) is 16.0. The second kappa shape index (κ2) is 7.67. The molecule has 0 atom stereocenters. The summed E-state index contributed by atoms with van der Waals surface area (Å²) < 4.78 is 5.07. The minimum Gasteiger partial charge on any atom is -0.408 e. The van der Waals surface area contributed by atoms with Crippen molar-refractivity contribution in [3.63, 3.8) is 0 Å². The molecular weight excluding hydrogens is 342 g/mol. The van der Waals surface area contributed by atoms with Gasteiger partial charge in [0.25, 0.3) is 0 Å². The minimum atomic E-state index is -0.835. The number of imidazole rings is 1. The van der Waals surface area contributed by atoms with Crippen molar-refractivity contribution in [2.24, 2.45) is 5.73 Å². The Morgan fingerprint density at radius 2 is 1.93 bits per heavy atom. The Morgan fingerprint density at radius 3 is 2.74 bits per heavy atom. The monoisotopic (exact) mass is 365 g/mol. The van der Waals surface area contributed by atoms with Crippen molar-refractivity contribution in [3.8, 4) is 5.75 Å². The van der Waals surface area contributed by atoms with Crippen molar-refractivity contribution in [3.05, 3.63) is 54.1 Å². The van der Waals surface area contributed by atoms with E-state index < -0.39 is 6.09 Å². The van der Waals surface area contributed by atoms with Gasteiger partial charge in [0.2, 0.25) is 5.95 Å². The van der Waals surface area contributed by atoms with Crippen LogP contribution in [0.25, 0.3) is 11.0 Å². The van der Waals surface area contributed by atoms with Crippen molar-refractivity contribution in [2.75, 3.05) is 31.1 Å². The number of ether oxygens (including phenoxy) is 1. The zero-order chi connectivity index (χ0) is 18.6. The number of anilines is 1. The maximum Gasteiger partial charge on any atom is 0.410 e. The third-order valence-corrected chi connectivity index (χ3v) is 4.81. The van der Waals surface area contributed by atoms with E-state index in [1.54, 1.807) is 6.07 Å². The predicted molar refractivity (Wildman–Crippen MR) is 105 cm³/mol. The number of carbonyl (C=O) groups is 1. The Balaban J connectivity index is 1.48. The van der Waals surface area contributed by atoms with Crippen molar-refractivity contribution >= 4 is 23.1 Å². The third kappa shape index (κ3) is 4.03. The fourth-order valence-electron chi connectivity index (χ4n) is 3.52. The van der Waals surface area contributed by atoms with Gasteiger partial charge in [-0.2, -0.15) is 0 Å². The van der Waals surface area contributed by atoms with Gasteiger partial charge in [-0.25, -0.2) is 9.78 Å². The van der Waals surface area contributed by atoms with Crippen LogP contribution in [0.4, 0.5) is 10.7 Å². The molecule has 140 valence electrons. The fourth-order valence-corrected chi connectivity index (χ4v) is 3.52. The number of aromatic amines is 1. The Morgan fingerprint density at radius 1 is 1.07 bits per heavy atom. The average molecular weight is 365 g/mol. The molecule has 0 bridgehead atoms. The molecule has 27 heavy (non-hydrogen) atoms. The molecule has 0 saturated carbocycles. The first-order valence-electron chi connectivity index (χ1n) is 9.16. The van der Waals surface area contributed by atoms with E-state index in [4.69, 9.17) is 10.5 Å². The Hall–Kier alpha value is -3.06. The Kier molecular flexibility index (Phi) is 4.93. The molecule has 2 aromatic carbocycles. The number of nitrogens with two attached hydrogens (primary N) is 1. The van der Waals surface area contributed by atoms with E-state index >= 15 is 0 Å². The number of amides is 1. The van der Waals surface area contributed by atoms with Crippen LogP contribution in [0.1, 0.15) is 12.0 Å². The number of fused-ring (bicyclic) bond motifs is 1. The SMILES string of the molecule is NC(=O)Oc1cccc2[nH]c(N3CCCN(Cc4ccccc4)CC3)nc12. The zero-order valence-corrected chi connectivity index (χ0v) is 15.1. The van der Waals surface area contributed by atoms with Crippen molar-refractivity contribution in [1.29, 1.82) is 0 Å². The lowest BCUT2D eigenvalue weighted by molar-refractivity contribution is 0.211. The van der Waals surface area contributed by atoms with Gasteiger partial charge in [0.1, 0.15) is 5.52 Å². The summed E-state index contributed by atoms with van der Waals surface area (Å²) >= 11 is 0. The van der Waals surface area contributed by atoms with Crippen LogP contribution in [0.15, 0.2) is 48.5 Å². The van der Waals surface area contributed by atoms with Crippen LogP contribution in [0.3, 0.4) is 0 Å². The summed E-state index contributed by atoms with van der Waals surface area (Å²) in [6.45, 7) is 4.80. The van der Waals surface area contributed by atoms with Crippen molar-refractivity contribution in [1.82, 2.24) is 14.9 Å². The van der Waals surface area contributed by atoms with Gasteiger partial charge < -0.3 is 20.4 Å². The lowest BCUT2D eigenvalue weighted by Crippen LogP contribution is -2.31. The lowest BCUT2D eigenvalue weighted by atomic mass is 10.2. The van der Waals surface area contributed by atoms with Crippen LogP contribution in [0.2, 0.25) is 0 Å². The van der Waals surface area contributed by atoms with E-state index in [2.05, 4.69) is 44.0 Å². The van der Waals surface area contributed by atoms with Gasteiger partial charge in [-0.15, -0.1) is 0 Å². The normalized spacial score (nSPS) is 15.6. The number of H-pyrrole nitrogens is 1. The van der Waals surface area contributed by atoms with Crippen molar-refractivity contribution < 1.29 is 9.53 Å². The molecule has 1 saturated heterocycles. The molecule has 1 aliphatic heterocycles. The maximum absolute atomic E-state index is 11.1. The van der Waals surface area contributed by atoms with Crippen LogP contribution < -0.4 is 15.4 Å². The second-order valence-electron chi connectivity index (χ2n) is 6.74. The first kappa shape index (κ1) is 17.4. The van der Waals surface area contributed by atoms with Gasteiger partial charge in [-0.1, -0.05) is 36.4 Å². The lowest BCUT2D eigenvalue weighted by Gasteiger charge is -2.21. The minimum absolute atomic E-state index is 0.378. The van der Waals surface area contributed by atoms with Crippen LogP contribution in [0.5, 0.6) is 5.75 Å². The van der Waals surface area contributed by atoms with E-state index in [9.17, 15) is 4.79 Å². The first-order chi connectivity index (χ1) is 13.2. The quantitative estimate of drug-likeness (QED) is 0.742. The van der Waals surface area contributed by atoms with Crippen LogP contribution in [-0.4, -0.2) is 47.1 Å². The topological polar surface area (TPSA) is 87.5 Å². The summed E-state index contributed by atoms with van der Waals surface area (Å²) in [5.74, 6) is 1.18. The summed E-state index contributed by atoms with van der Waals surface area (Å²) in [7, 11) is 0. The van der Waals surface area contributed by atoms with E-state index in [-0.39, 0.29) is 0 Å². The third-order valence-electron chi connectivity index (χ3n) is 4.81. The molecule has 1 fully saturated rings. The van der Waals surface area contributed by atoms with E-state index in [1.165, 1.54) is 5.56 Å². The number of nitrogens with zero attached hydrogens (tertiary/aromatic N) is 3. The predicted octanol–water partition coefficient (Wildman–Crippen LogP) is 2.73. The first-order valence-corrected chi connectivity index (χ1v) is 9.16. The molecule has 0 aliphatic carbocycles. The molecule has 3 aromatic rings. The molecular formula is C20H23N5O2. The van der Waals surface area contributed by atoms with Gasteiger partial charge in [0, 0.05) is 32.7 Å².